The zero-order valence-corrected chi connectivity index (χ0v) is 18.7. The van der Waals surface area contributed by atoms with E-state index in [9.17, 15) is 9.59 Å². The molecule has 0 unspecified atom stereocenters. The Balaban J connectivity index is 0.00000300. The van der Waals surface area contributed by atoms with Crippen molar-refractivity contribution in [2.45, 2.75) is 13.5 Å². The molecule has 0 bridgehead atoms. The van der Waals surface area contributed by atoms with Crippen LogP contribution in [0.25, 0.3) is 0 Å². The average molecular weight is 511 g/mol. The lowest BCUT2D eigenvalue weighted by atomic mass is 10.1. The zero-order valence-electron chi connectivity index (χ0n) is 16.3. The third kappa shape index (κ3) is 5.96. The molecule has 29 heavy (non-hydrogen) atoms. The van der Waals surface area contributed by atoms with Gasteiger partial charge in [-0.25, -0.2) is 4.99 Å². The molecule has 3 rings (SSSR count). The Kier molecular flexibility index (Phi) is 8.50. The van der Waals surface area contributed by atoms with Gasteiger partial charge in [-0.15, -0.1) is 24.0 Å². The van der Waals surface area contributed by atoms with E-state index < -0.39 is 5.91 Å². The van der Waals surface area contributed by atoms with Gasteiger partial charge < -0.3 is 25.3 Å². The molecular weight excluding hydrogens is 485 g/mol. The molecule has 1 aliphatic rings. The molecule has 0 radical (unpaired) electrons. The van der Waals surface area contributed by atoms with Gasteiger partial charge >= 0.3 is 0 Å². The minimum Gasteiger partial charge on any atom is -0.459 e. The number of aliphatic imine (C=N–C) groups is 1. The van der Waals surface area contributed by atoms with E-state index in [-0.39, 0.29) is 29.9 Å². The number of carbonyl (C=O) groups excluding carboxylic acids is 2. The first kappa shape index (κ1) is 22.7. The molecule has 3 N–H and O–H groups in total. The number of nitrogens with zero attached hydrogens (tertiary/aromatic N) is 3. The van der Waals surface area contributed by atoms with Crippen LogP contribution in [0, 0.1) is 0 Å². The minimum atomic E-state index is -0.439. The minimum absolute atomic E-state index is 0. The highest BCUT2D eigenvalue weighted by Gasteiger charge is 2.25. The monoisotopic (exact) mass is 511 g/mol. The number of halogens is 1. The molecule has 1 aromatic carbocycles. The number of guanidine groups is 1. The summed E-state index contributed by atoms with van der Waals surface area (Å²) in [5.74, 6) is 0.659. The van der Waals surface area contributed by atoms with Gasteiger partial charge in [0, 0.05) is 38.3 Å². The molecule has 8 nitrogen and oxygen atoms in total. The van der Waals surface area contributed by atoms with Gasteiger partial charge in [0.2, 0.25) is 5.91 Å². The topological polar surface area (TPSA) is 104 Å². The maximum atomic E-state index is 12.4. The summed E-state index contributed by atoms with van der Waals surface area (Å²) in [7, 11) is 0. The summed E-state index contributed by atoms with van der Waals surface area (Å²) in [5.41, 5.74) is 6.75. The number of primary amides is 1. The predicted octanol–water partition coefficient (Wildman–Crippen LogP) is 1.92. The summed E-state index contributed by atoms with van der Waals surface area (Å²) in [6, 6.07) is 10.5. The molecular formula is C20H26IN5O3. The van der Waals surface area contributed by atoms with E-state index in [0.717, 1.165) is 18.1 Å². The lowest BCUT2D eigenvalue weighted by Gasteiger charge is -2.36. The Bertz CT molecular complexity index is 828. The van der Waals surface area contributed by atoms with Gasteiger partial charge in [-0.05, 0) is 36.8 Å². The number of furan rings is 1. The van der Waals surface area contributed by atoms with Crippen molar-refractivity contribution in [2.24, 2.45) is 10.7 Å². The van der Waals surface area contributed by atoms with Crippen LogP contribution in [-0.4, -0.2) is 60.3 Å². The summed E-state index contributed by atoms with van der Waals surface area (Å²) < 4.78 is 5.20. The van der Waals surface area contributed by atoms with Crippen LogP contribution in [0.4, 0.5) is 0 Å². The summed E-state index contributed by atoms with van der Waals surface area (Å²) >= 11 is 0. The molecule has 0 atom stereocenters. The van der Waals surface area contributed by atoms with E-state index in [4.69, 9.17) is 15.1 Å². The smallest absolute Gasteiger partial charge is 0.289 e. The second kappa shape index (κ2) is 10.8. The predicted molar refractivity (Wildman–Crippen MR) is 121 cm³/mol. The van der Waals surface area contributed by atoms with E-state index in [1.807, 2.05) is 19.1 Å². The molecule has 9 heteroatoms. The van der Waals surface area contributed by atoms with Crippen LogP contribution in [0.15, 0.2) is 52.1 Å². The number of nitrogens with one attached hydrogen (secondary N) is 1. The van der Waals surface area contributed by atoms with Crippen molar-refractivity contribution in [1.29, 1.82) is 0 Å². The molecule has 2 amide bonds. The summed E-state index contributed by atoms with van der Waals surface area (Å²) in [6.45, 7) is 5.87. The maximum absolute atomic E-state index is 12.4. The highest BCUT2D eigenvalue weighted by atomic mass is 127. The van der Waals surface area contributed by atoms with Crippen LogP contribution in [0.2, 0.25) is 0 Å². The molecule has 1 aromatic heterocycles. The van der Waals surface area contributed by atoms with Crippen molar-refractivity contribution in [1.82, 2.24) is 15.1 Å². The lowest BCUT2D eigenvalue weighted by molar-refractivity contribution is 0.0657. The van der Waals surface area contributed by atoms with Crippen LogP contribution in [0.3, 0.4) is 0 Å². The first-order valence-electron chi connectivity index (χ1n) is 9.33. The van der Waals surface area contributed by atoms with Gasteiger partial charge in [0.15, 0.2) is 11.7 Å². The van der Waals surface area contributed by atoms with Crippen LogP contribution in [-0.2, 0) is 6.54 Å². The number of hydrogen-bond donors (Lipinski definition) is 2. The molecule has 1 fully saturated rings. The SMILES string of the molecule is CCNC(=NCc1ccc(C(N)=O)cc1)N1CCN(C(=O)c2ccco2)CC1.I. The number of rotatable bonds is 5. The van der Waals surface area contributed by atoms with Gasteiger partial charge in [-0.3, -0.25) is 9.59 Å². The second-order valence-electron chi connectivity index (χ2n) is 6.49. The number of hydrogen-bond acceptors (Lipinski definition) is 4. The number of carbonyl (C=O) groups is 2. The van der Waals surface area contributed by atoms with E-state index in [1.54, 1.807) is 29.2 Å². The Labute approximate surface area is 187 Å². The quantitative estimate of drug-likeness (QED) is 0.363. The molecule has 2 heterocycles. The van der Waals surface area contributed by atoms with Crippen LogP contribution < -0.4 is 11.1 Å². The molecule has 0 spiro atoms. The average Bonchev–Trinajstić information content (AvgIpc) is 3.26. The third-order valence-corrected chi connectivity index (χ3v) is 4.58. The van der Waals surface area contributed by atoms with E-state index in [2.05, 4.69) is 10.2 Å². The molecule has 1 saturated heterocycles. The van der Waals surface area contributed by atoms with Gasteiger partial charge in [0.05, 0.1) is 12.8 Å². The number of piperazine rings is 1. The molecule has 156 valence electrons. The molecule has 1 aliphatic heterocycles. The lowest BCUT2D eigenvalue weighted by Crippen LogP contribution is -2.53. The summed E-state index contributed by atoms with van der Waals surface area (Å²) in [6.07, 6.45) is 1.51. The molecule has 0 saturated carbocycles. The van der Waals surface area contributed by atoms with Gasteiger partial charge in [-0.1, -0.05) is 12.1 Å². The first-order chi connectivity index (χ1) is 13.6. The normalized spacial score (nSPS) is 14.3. The van der Waals surface area contributed by atoms with Crippen molar-refractivity contribution in [3.63, 3.8) is 0 Å². The Hall–Kier alpha value is -2.56. The fourth-order valence-corrected chi connectivity index (χ4v) is 3.04. The fraction of sp³-hybridized carbons (Fsp3) is 0.350. The van der Waals surface area contributed by atoms with Gasteiger partial charge in [-0.2, -0.15) is 0 Å². The summed E-state index contributed by atoms with van der Waals surface area (Å²) in [4.78, 5) is 32.2. The first-order valence-corrected chi connectivity index (χ1v) is 9.33. The van der Waals surface area contributed by atoms with Crippen LogP contribution >= 0.6 is 24.0 Å². The number of nitrogens with two attached hydrogens (primary N) is 1. The second-order valence-corrected chi connectivity index (χ2v) is 6.49. The summed E-state index contributed by atoms with van der Waals surface area (Å²) in [5, 5.41) is 3.30. The van der Waals surface area contributed by atoms with Crippen LogP contribution in [0.5, 0.6) is 0 Å². The Morgan fingerprint density at radius 3 is 2.31 bits per heavy atom. The maximum Gasteiger partial charge on any atom is 0.289 e. The van der Waals surface area contributed by atoms with Crippen LogP contribution in [0.1, 0.15) is 33.4 Å². The largest absolute Gasteiger partial charge is 0.459 e. The third-order valence-electron chi connectivity index (χ3n) is 4.58. The van der Waals surface area contributed by atoms with E-state index in [0.29, 0.717) is 44.0 Å². The van der Waals surface area contributed by atoms with Crippen molar-refractivity contribution in [2.75, 3.05) is 32.7 Å². The van der Waals surface area contributed by atoms with Crippen molar-refractivity contribution >= 4 is 41.8 Å². The number of benzene rings is 1. The van der Waals surface area contributed by atoms with Crippen molar-refractivity contribution in [3.05, 3.63) is 59.5 Å². The highest BCUT2D eigenvalue weighted by molar-refractivity contribution is 14.0. The Morgan fingerprint density at radius 2 is 1.76 bits per heavy atom. The van der Waals surface area contributed by atoms with E-state index >= 15 is 0 Å². The fourth-order valence-electron chi connectivity index (χ4n) is 3.04. The van der Waals surface area contributed by atoms with Crippen molar-refractivity contribution < 1.29 is 14.0 Å². The Morgan fingerprint density at radius 1 is 1.10 bits per heavy atom. The van der Waals surface area contributed by atoms with Gasteiger partial charge in [0.25, 0.3) is 5.91 Å². The zero-order chi connectivity index (χ0) is 19.9. The van der Waals surface area contributed by atoms with Gasteiger partial charge in [0.1, 0.15) is 0 Å². The highest BCUT2D eigenvalue weighted by Crippen LogP contribution is 2.10. The molecule has 0 aliphatic carbocycles. The number of amides is 2. The standard InChI is InChI=1S/C20H25N5O3.HI/c1-2-22-20(23-14-15-5-7-16(8-6-15)18(21)26)25-11-9-24(10-12-25)19(27)17-4-3-13-28-17;/h3-8,13H,2,9-12,14H2,1H3,(H2,21,26)(H,22,23);1H. The molecule has 2 aromatic rings. The van der Waals surface area contributed by atoms with Crippen molar-refractivity contribution in [3.8, 4) is 0 Å². The van der Waals surface area contributed by atoms with E-state index in [1.165, 1.54) is 6.26 Å².